The van der Waals surface area contributed by atoms with E-state index in [0.29, 0.717) is 27.4 Å². The first-order valence-electron chi connectivity index (χ1n) is 6.46. The molecule has 0 bridgehead atoms. The van der Waals surface area contributed by atoms with Gasteiger partial charge in [0.05, 0.1) is 17.8 Å². The third-order valence-electron chi connectivity index (χ3n) is 2.85. The molecule has 0 saturated heterocycles. The van der Waals surface area contributed by atoms with Gasteiger partial charge in [-0.2, -0.15) is 0 Å². The number of rotatable bonds is 5. The maximum atomic E-state index is 6.05. The summed E-state index contributed by atoms with van der Waals surface area (Å²) >= 11 is 17.1. The van der Waals surface area contributed by atoms with Gasteiger partial charge < -0.3 is 10.1 Å². The second-order valence-electron chi connectivity index (χ2n) is 4.40. The minimum absolute atomic E-state index is 0.460. The first-order valence-corrected chi connectivity index (χ1v) is 7.63. The number of hydrogen-bond donors (Lipinski definition) is 3. The maximum absolute atomic E-state index is 6.05. The van der Waals surface area contributed by atoms with Crippen LogP contribution in [0.2, 0.25) is 10.0 Å². The van der Waals surface area contributed by atoms with Crippen LogP contribution in [0.15, 0.2) is 42.5 Å². The molecule has 2 rings (SSSR count). The van der Waals surface area contributed by atoms with Crippen molar-refractivity contribution in [2.24, 2.45) is 0 Å². The summed E-state index contributed by atoms with van der Waals surface area (Å²) in [6, 6.07) is 12.9. The van der Waals surface area contributed by atoms with Gasteiger partial charge in [-0.15, -0.1) is 0 Å². The Morgan fingerprint density at radius 1 is 1.14 bits per heavy atom. The van der Waals surface area contributed by atoms with Crippen LogP contribution in [0.5, 0.6) is 5.75 Å². The first kappa shape index (κ1) is 16.7. The molecule has 0 heterocycles. The minimum Gasteiger partial charge on any atom is -0.497 e. The summed E-state index contributed by atoms with van der Waals surface area (Å²) in [7, 11) is 1.64. The van der Waals surface area contributed by atoms with Crippen molar-refractivity contribution in [1.29, 1.82) is 0 Å². The van der Waals surface area contributed by atoms with Crippen LogP contribution in [-0.2, 0) is 6.54 Å². The molecule has 116 valence electrons. The van der Waals surface area contributed by atoms with Crippen LogP contribution in [0.3, 0.4) is 0 Å². The zero-order chi connectivity index (χ0) is 15.9. The van der Waals surface area contributed by atoms with Crippen LogP contribution in [0, 0.1) is 0 Å². The summed E-state index contributed by atoms with van der Waals surface area (Å²) in [4.78, 5) is 0. The quantitative estimate of drug-likeness (QED) is 0.559. The number of hydrazine groups is 1. The molecule has 0 amide bonds. The van der Waals surface area contributed by atoms with Gasteiger partial charge in [0, 0.05) is 11.6 Å². The molecule has 22 heavy (non-hydrogen) atoms. The van der Waals surface area contributed by atoms with E-state index in [-0.39, 0.29) is 0 Å². The third kappa shape index (κ3) is 4.94. The molecule has 0 saturated carbocycles. The van der Waals surface area contributed by atoms with E-state index in [1.165, 1.54) is 0 Å². The lowest BCUT2D eigenvalue weighted by molar-refractivity contribution is 0.414. The summed E-state index contributed by atoms with van der Waals surface area (Å²) in [6.07, 6.45) is 0. The van der Waals surface area contributed by atoms with Crippen molar-refractivity contribution in [3.63, 3.8) is 0 Å². The predicted octanol–water partition coefficient (Wildman–Crippen LogP) is 3.99. The lowest BCUT2D eigenvalue weighted by atomic mass is 10.2. The normalized spacial score (nSPS) is 9.95. The van der Waals surface area contributed by atoms with E-state index in [4.69, 9.17) is 40.2 Å². The van der Waals surface area contributed by atoms with Gasteiger partial charge >= 0.3 is 0 Å². The van der Waals surface area contributed by atoms with Crippen molar-refractivity contribution < 1.29 is 4.74 Å². The predicted molar refractivity (Wildman–Crippen MR) is 95.7 cm³/mol. The summed E-state index contributed by atoms with van der Waals surface area (Å²) in [6.45, 7) is 0.603. The number of halogens is 2. The fourth-order valence-electron chi connectivity index (χ4n) is 1.68. The SMILES string of the molecule is COc1ccc(CNC(=S)NNc2ccc(Cl)cc2Cl)cc1. The van der Waals surface area contributed by atoms with E-state index >= 15 is 0 Å². The van der Waals surface area contributed by atoms with Gasteiger partial charge in [0.15, 0.2) is 5.11 Å². The van der Waals surface area contributed by atoms with Crippen molar-refractivity contribution in [2.75, 3.05) is 12.5 Å². The van der Waals surface area contributed by atoms with Gasteiger partial charge in [0.1, 0.15) is 5.75 Å². The molecule has 0 fully saturated rings. The molecule has 0 radical (unpaired) electrons. The number of nitrogens with one attached hydrogen (secondary N) is 3. The van der Waals surface area contributed by atoms with E-state index in [1.807, 2.05) is 24.3 Å². The summed E-state index contributed by atoms with van der Waals surface area (Å²) in [5.41, 5.74) is 7.59. The monoisotopic (exact) mass is 355 g/mol. The van der Waals surface area contributed by atoms with Crippen LogP contribution < -0.4 is 20.9 Å². The Labute approximate surface area is 144 Å². The van der Waals surface area contributed by atoms with Gasteiger partial charge in [-0.25, -0.2) is 0 Å². The summed E-state index contributed by atoms with van der Waals surface area (Å²) < 4.78 is 5.11. The molecule has 7 heteroatoms. The maximum Gasteiger partial charge on any atom is 0.185 e. The topological polar surface area (TPSA) is 45.3 Å². The molecule has 0 unspecified atom stereocenters. The molecule has 4 nitrogen and oxygen atoms in total. The Morgan fingerprint density at radius 2 is 1.86 bits per heavy atom. The fourth-order valence-corrected chi connectivity index (χ4v) is 2.26. The number of benzene rings is 2. The van der Waals surface area contributed by atoms with E-state index < -0.39 is 0 Å². The molecule has 0 aromatic heterocycles. The molecule has 3 N–H and O–H groups in total. The highest BCUT2D eigenvalue weighted by Gasteiger charge is 2.02. The van der Waals surface area contributed by atoms with Crippen LogP contribution in [0.25, 0.3) is 0 Å². The van der Waals surface area contributed by atoms with E-state index in [1.54, 1.807) is 25.3 Å². The molecule has 0 aliphatic rings. The number of anilines is 1. The molecule has 0 aliphatic heterocycles. The Hall–Kier alpha value is -1.69. The van der Waals surface area contributed by atoms with Crippen molar-refractivity contribution in [3.8, 4) is 5.75 Å². The van der Waals surface area contributed by atoms with Gasteiger partial charge in [0.25, 0.3) is 0 Å². The molecule has 0 atom stereocenters. The Balaban J connectivity index is 1.80. The van der Waals surface area contributed by atoms with Crippen LogP contribution >= 0.6 is 35.4 Å². The molecule has 2 aromatic carbocycles. The Kier molecular flexibility index (Phi) is 6.12. The zero-order valence-corrected chi connectivity index (χ0v) is 14.1. The number of methoxy groups -OCH3 is 1. The first-order chi connectivity index (χ1) is 10.6. The van der Waals surface area contributed by atoms with Gasteiger partial charge in [-0.1, -0.05) is 35.3 Å². The largest absolute Gasteiger partial charge is 0.497 e. The lowest BCUT2D eigenvalue weighted by Gasteiger charge is -2.13. The highest BCUT2D eigenvalue weighted by atomic mass is 35.5. The summed E-state index contributed by atoms with van der Waals surface area (Å²) in [5, 5.41) is 4.64. The molecule has 0 spiro atoms. The van der Waals surface area contributed by atoms with E-state index in [9.17, 15) is 0 Å². The van der Waals surface area contributed by atoms with Gasteiger partial charge in [-0.3, -0.25) is 10.9 Å². The van der Waals surface area contributed by atoms with Crippen molar-refractivity contribution >= 4 is 46.2 Å². The smallest absolute Gasteiger partial charge is 0.185 e. The second kappa shape index (κ2) is 8.08. The standard InChI is InChI=1S/C15H15Cl2N3OS/c1-21-12-5-2-10(3-6-12)9-18-15(22)20-19-14-7-4-11(16)8-13(14)17/h2-8,19H,9H2,1H3,(H2,18,20,22). The van der Waals surface area contributed by atoms with Crippen LogP contribution in [0.1, 0.15) is 5.56 Å². The molecule has 0 aliphatic carbocycles. The Bertz CT molecular complexity index is 650. The fraction of sp³-hybridized carbons (Fsp3) is 0.133. The lowest BCUT2D eigenvalue weighted by Crippen LogP contribution is -2.38. The number of ether oxygens (including phenoxy) is 1. The Morgan fingerprint density at radius 3 is 2.50 bits per heavy atom. The summed E-state index contributed by atoms with van der Waals surface area (Å²) in [5.74, 6) is 0.823. The van der Waals surface area contributed by atoms with Crippen LogP contribution in [-0.4, -0.2) is 12.2 Å². The number of thiocarbonyl (C=S) groups is 1. The molecular formula is C15H15Cl2N3OS. The average Bonchev–Trinajstić information content (AvgIpc) is 2.52. The van der Waals surface area contributed by atoms with Crippen molar-refractivity contribution in [2.45, 2.75) is 6.54 Å². The van der Waals surface area contributed by atoms with Crippen molar-refractivity contribution in [3.05, 3.63) is 58.1 Å². The van der Waals surface area contributed by atoms with Crippen LogP contribution in [0.4, 0.5) is 5.69 Å². The van der Waals surface area contributed by atoms with E-state index in [2.05, 4.69) is 16.2 Å². The zero-order valence-electron chi connectivity index (χ0n) is 11.8. The highest BCUT2D eigenvalue weighted by Crippen LogP contribution is 2.24. The molecular weight excluding hydrogens is 341 g/mol. The average molecular weight is 356 g/mol. The van der Waals surface area contributed by atoms with E-state index in [0.717, 1.165) is 11.3 Å². The minimum atomic E-state index is 0.460. The third-order valence-corrected chi connectivity index (χ3v) is 3.65. The van der Waals surface area contributed by atoms with Crippen molar-refractivity contribution in [1.82, 2.24) is 10.7 Å². The molecule has 2 aromatic rings. The highest BCUT2D eigenvalue weighted by molar-refractivity contribution is 7.80. The van der Waals surface area contributed by atoms with Gasteiger partial charge in [-0.05, 0) is 48.1 Å². The second-order valence-corrected chi connectivity index (χ2v) is 5.66. The van der Waals surface area contributed by atoms with Gasteiger partial charge in [0.2, 0.25) is 0 Å². The number of hydrogen-bond acceptors (Lipinski definition) is 3.